The summed E-state index contributed by atoms with van der Waals surface area (Å²) < 4.78 is 27.6. The predicted molar refractivity (Wildman–Crippen MR) is 95.1 cm³/mol. The fraction of sp³-hybridized carbons (Fsp3) is 0.375. The first-order valence-electron chi connectivity index (χ1n) is 7.82. The van der Waals surface area contributed by atoms with E-state index in [1.54, 1.807) is 19.1 Å². The number of anilines is 2. The summed E-state index contributed by atoms with van der Waals surface area (Å²) in [5, 5.41) is 0.373. The van der Waals surface area contributed by atoms with Gasteiger partial charge in [-0.2, -0.15) is 0 Å². The first-order valence-corrected chi connectivity index (χ1v) is 9.68. The Labute approximate surface area is 146 Å². The van der Waals surface area contributed by atoms with Gasteiger partial charge in [-0.25, -0.2) is 18.4 Å². The summed E-state index contributed by atoms with van der Waals surface area (Å²) in [6, 6.07) is 4.77. The highest BCUT2D eigenvalue weighted by molar-refractivity contribution is 7.92. The summed E-state index contributed by atoms with van der Waals surface area (Å²) in [5.41, 5.74) is 0.952. The van der Waals surface area contributed by atoms with E-state index in [1.165, 1.54) is 24.9 Å². The lowest BCUT2D eigenvalue weighted by molar-refractivity contribution is 0.568. The third-order valence-electron chi connectivity index (χ3n) is 3.97. The van der Waals surface area contributed by atoms with Gasteiger partial charge in [0.15, 0.2) is 0 Å². The molecule has 3 rings (SSSR count). The first-order chi connectivity index (χ1) is 11.5. The van der Waals surface area contributed by atoms with Crippen LogP contribution < -0.4 is 9.62 Å². The zero-order valence-electron chi connectivity index (χ0n) is 13.4. The molecule has 1 aromatic heterocycles. The average molecular weight is 367 g/mol. The van der Waals surface area contributed by atoms with Crippen LogP contribution in [0.2, 0.25) is 5.02 Å². The van der Waals surface area contributed by atoms with Crippen LogP contribution in [0, 0.1) is 6.92 Å². The maximum atomic E-state index is 12.5. The fourth-order valence-corrected chi connectivity index (χ4v) is 4.24. The fourth-order valence-electron chi connectivity index (χ4n) is 2.70. The van der Waals surface area contributed by atoms with Crippen molar-refractivity contribution in [3.63, 3.8) is 0 Å². The van der Waals surface area contributed by atoms with Crippen LogP contribution in [0.25, 0.3) is 0 Å². The molecule has 6 nitrogen and oxygen atoms in total. The highest BCUT2D eigenvalue weighted by atomic mass is 35.5. The van der Waals surface area contributed by atoms with Crippen LogP contribution in [0.5, 0.6) is 0 Å². The number of benzene rings is 1. The van der Waals surface area contributed by atoms with Gasteiger partial charge in [0.2, 0.25) is 5.95 Å². The lowest BCUT2D eigenvalue weighted by atomic mass is 10.1. The number of aromatic nitrogens is 2. The van der Waals surface area contributed by atoms with Crippen molar-refractivity contribution < 1.29 is 8.42 Å². The number of nitrogens with zero attached hydrogens (tertiary/aromatic N) is 3. The number of sulfonamides is 1. The molecule has 0 spiro atoms. The van der Waals surface area contributed by atoms with E-state index in [4.69, 9.17) is 11.6 Å². The third kappa shape index (κ3) is 3.79. The van der Waals surface area contributed by atoms with Crippen molar-refractivity contribution in [3.05, 3.63) is 41.2 Å². The largest absolute Gasteiger partial charge is 0.341 e. The molecule has 1 aliphatic rings. The molecule has 0 amide bonds. The van der Waals surface area contributed by atoms with Crippen LogP contribution >= 0.6 is 11.6 Å². The normalized spacial score (nSPS) is 15.3. The molecule has 1 saturated heterocycles. The minimum Gasteiger partial charge on any atom is -0.341 e. The van der Waals surface area contributed by atoms with E-state index in [0.29, 0.717) is 22.2 Å². The Bertz CT molecular complexity index is 818. The second-order valence-electron chi connectivity index (χ2n) is 5.83. The quantitative estimate of drug-likeness (QED) is 0.899. The van der Waals surface area contributed by atoms with Gasteiger partial charge >= 0.3 is 0 Å². The van der Waals surface area contributed by atoms with Crippen molar-refractivity contribution in [1.82, 2.24) is 9.97 Å². The standard InChI is InChI=1S/C16H19ClN4O2S/c1-12-5-6-13(17)9-15(12)24(22,23)20-14-10-18-16(19-11-14)21-7-3-2-4-8-21/h5-6,9-11,20H,2-4,7-8H2,1H3. The van der Waals surface area contributed by atoms with Gasteiger partial charge in [-0.3, -0.25) is 4.72 Å². The van der Waals surface area contributed by atoms with Crippen LogP contribution in [0.3, 0.4) is 0 Å². The number of hydrogen-bond donors (Lipinski definition) is 1. The molecule has 24 heavy (non-hydrogen) atoms. The second-order valence-corrected chi connectivity index (χ2v) is 7.92. The maximum Gasteiger partial charge on any atom is 0.262 e. The molecule has 1 fully saturated rings. The molecule has 2 aromatic rings. The molecule has 0 bridgehead atoms. The summed E-state index contributed by atoms with van der Waals surface area (Å²) >= 11 is 5.91. The lowest BCUT2D eigenvalue weighted by Crippen LogP contribution is -2.30. The Balaban J connectivity index is 1.78. The van der Waals surface area contributed by atoms with E-state index in [-0.39, 0.29) is 4.90 Å². The molecule has 1 N–H and O–H groups in total. The second kappa shape index (κ2) is 6.94. The van der Waals surface area contributed by atoms with E-state index in [9.17, 15) is 8.42 Å². The maximum absolute atomic E-state index is 12.5. The summed E-state index contributed by atoms with van der Waals surface area (Å²) in [6.45, 7) is 3.60. The Morgan fingerprint density at radius 1 is 1.12 bits per heavy atom. The van der Waals surface area contributed by atoms with Gasteiger partial charge in [-0.15, -0.1) is 0 Å². The van der Waals surface area contributed by atoms with E-state index < -0.39 is 10.0 Å². The van der Waals surface area contributed by atoms with Crippen LogP contribution in [0.15, 0.2) is 35.5 Å². The van der Waals surface area contributed by atoms with E-state index in [0.717, 1.165) is 25.9 Å². The first kappa shape index (κ1) is 17.0. The predicted octanol–water partition coefficient (Wildman–Crippen LogP) is 3.23. The molecule has 0 radical (unpaired) electrons. The Kier molecular flexibility index (Phi) is 4.91. The minimum absolute atomic E-state index is 0.148. The Morgan fingerprint density at radius 2 is 1.79 bits per heavy atom. The molecule has 2 heterocycles. The van der Waals surface area contributed by atoms with E-state index in [1.807, 2.05) is 0 Å². The molecular weight excluding hydrogens is 348 g/mol. The Morgan fingerprint density at radius 3 is 2.46 bits per heavy atom. The van der Waals surface area contributed by atoms with Crippen molar-refractivity contribution in [2.75, 3.05) is 22.7 Å². The van der Waals surface area contributed by atoms with Gasteiger partial charge in [-0.05, 0) is 43.9 Å². The van der Waals surface area contributed by atoms with E-state index >= 15 is 0 Å². The molecule has 1 aliphatic heterocycles. The Hall–Kier alpha value is -1.86. The minimum atomic E-state index is -3.73. The number of hydrogen-bond acceptors (Lipinski definition) is 5. The SMILES string of the molecule is Cc1ccc(Cl)cc1S(=O)(=O)Nc1cnc(N2CCCCC2)nc1. The number of nitrogens with one attached hydrogen (secondary N) is 1. The molecular formula is C16H19ClN4O2S. The van der Waals surface area contributed by atoms with Crippen molar-refractivity contribution in [3.8, 4) is 0 Å². The van der Waals surface area contributed by atoms with E-state index in [2.05, 4.69) is 19.6 Å². The topological polar surface area (TPSA) is 75.2 Å². The summed E-state index contributed by atoms with van der Waals surface area (Å²) in [7, 11) is -3.73. The van der Waals surface area contributed by atoms with Gasteiger partial charge in [-0.1, -0.05) is 17.7 Å². The average Bonchev–Trinajstić information content (AvgIpc) is 2.58. The molecule has 0 atom stereocenters. The van der Waals surface area contributed by atoms with Gasteiger partial charge in [0, 0.05) is 18.1 Å². The zero-order chi connectivity index (χ0) is 17.2. The molecule has 1 aromatic carbocycles. The molecule has 0 saturated carbocycles. The monoisotopic (exact) mass is 366 g/mol. The molecule has 8 heteroatoms. The van der Waals surface area contributed by atoms with Gasteiger partial charge in [0.05, 0.1) is 23.0 Å². The summed E-state index contributed by atoms with van der Waals surface area (Å²) in [5.74, 6) is 0.636. The van der Waals surface area contributed by atoms with Crippen LogP contribution in [0.4, 0.5) is 11.6 Å². The number of piperidine rings is 1. The molecule has 0 aliphatic carbocycles. The third-order valence-corrected chi connectivity index (χ3v) is 5.73. The summed E-state index contributed by atoms with van der Waals surface area (Å²) in [4.78, 5) is 10.8. The smallest absolute Gasteiger partial charge is 0.262 e. The number of halogens is 1. The van der Waals surface area contributed by atoms with Gasteiger partial charge in [0.25, 0.3) is 10.0 Å². The highest BCUT2D eigenvalue weighted by Crippen LogP contribution is 2.23. The van der Waals surface area contributed by atoms with Gasteiger partial charge in [0.1, 0.15) is 0 Å². The van der Waals surface area contributed by atoms with Crippen LogP contribution in [-0.2, 0) is 10.0 Å². The van der Waals surface area contributed by atoms with Crippen molar-refractivity contribution in [2.24, 2.45) is 0 Å². The van der Waals surface area contributed by atoms with Crippen molar-refractivity contribution >= 4 is 33.3 Å². The van der Waals surface area contributed by atoms with Crippen LogP contribution in [-0.4, -0.2) is 31.5 Å². The van der Waals surface area contributed by atoms with Crippen molar-refractivity contribution in [2.45, 2.75) is 31.1 Å². The lowest BCUT2D eigenvalue weighted by Gasteiger charge is -2.26. The van der Waals surface area contributed by atoms with Crippen molar-refractivity contribution in [1.29, 1.82) is 0 Å². The number of aryl methyl sites for hydroxylation is 1. The molecule has 0 unspecified atom stereocenters. The number of rotatable bonds is 4. The zero-order valence-corrected chi connectivity index (χ0v) is 14.9. The highest BCUT2D eigenvalue weighted by Gasteiger charge is 2.18. The summed E-state index contributed by atoms with van der Waals surface area (Å²) in [6.07, 6.45) is 6.48. The molecule has 128 valence electrons. The van der Waals surface area contributed by atoms with Crippen LogP contribution in [0.1, 0.15) is 24.8 Å². The van der Waals surface area contributed by atoms with Gasteiger partial charge < -0.3 is 4.90 Å².